The van der Waals surface area contributed by atoms with Crippen LogP contribution in [-0.4, -0.2) is 16.3 Å². The lowest BCUT2D eigenvalue weighted by atomic mass is 10.1. The molecule has 0 atom stereocenters. The van der Waals surface area contributed by atoms with Crippen LogP contribution in [0.5, 0.6) is 0 Å². The lowest BCUT2D eigenvalue weighted by Gasteiger charge is -2.00. The predicted molar refractivity (Wildman–Crippen MR) is 60.0 cm³/mol. The first-order chi connectivity index (χ1) is 6.60. The fourth-order valence-corrected chi connectivity index (χ4v) is 1.51. The third kappa shape index (κ3) is 2.04. The Hall–Kier alpha value is -1.09. The van der Waals surface area contributed by atoms with Gasteiger partial charge in [0.05, 0.1) is 5.69 Å². The third-order valence-electron chi connectivity index (χ3n) is 2.63. The molecule has 0 fully saturated rings. The summed E-state index contributed by atoms with van der Waals surface area (Å²) in [6, 6.07) is 0. The zero-order valence-corrected chi connectivity index (χ0v) is 9.46. The van der Waals surface area contributed by atoms with Crippen LogP contribution in [0.15, 0.2) is 5.57 Å². The summed E-state index contributed by atoms with van der Waals surface area (Å²) in [6.45, 7) is 6.86. The predicted octanol–water partition coefficient (Wildman–Crippen LogP) is 1.79. The molecule has 3 heteroatoms. The zero-order chi connectivity index (χ0) is 10.7. The molecular weight excluding hydrogens is 174 g/mol. The van der Waals surface area contributed by atoms with E-state index in [1.165, 1.54) is 16.8 Å². The highest BCUT2D eigenvalue weighted by atomic mass is 15.3. The lowest BCUT2D eigenvalue weighted by molar-refractivity contribution is 0.731. The van der Waals surface area contributed by atoms with Gasteiger partial charge in [-0.15, -0.1) is 0 Å². The van der Waals surface area contributed by atoms with E-state index in [1.807, 2.05) is 18.7 Å². The molecule has 78 valence electrons. The molecule has 0 aliphatic carbocycles. The van der Waals surface area contributed by atoms with Crippen molar-refractivity contribution in [1.82, 2.24) is 9.78 Å². The van der Waals surface area contributed by atoms with E-state index in [0.29, 0.717) is 6.54 Å². The van der Waals surface area contributed by atoms with E-state index >= 15 is 0 Å². The minimum Gasteiger partial charge on any atom is -0.327 e. The molecule has 0 unspecified atom stereocenters. The molecule has 0 aliphatic rings. The molecule has 0 amide bonds. The van der Waals surface area contributed by atoms with Crippen LogP contribution in [0.1, 0.15) is 30.3 Å². The van der Waals surface area contributed by atoms with Crippen LogP contribution >= 0.6 is 0 Å². The minimum absolute atomic E-state index is 0.629. The number of hydrogen-bond donors (Lipinski definition) is 1. The molecule has 3 nitrogen and oxygen atoms in total. The summed E-state index contributed by atoms with van der Waals surface area (Å²) in [4.78, 5) is 0. The Morgan fingerprint density at radius 2 is 2.14 bits per heavy atom. The fraction of sp³-hybridized carbons (Fsp3) is 0.545. The summed E-state index contributed by atoms with van der Waals surface area (Å²) >= 11 is 0. The van der Waals surface area contributed by atoms with Crippen molar-refractivity contribution in [3.05, 3.63) is 22.5 Å². The molecule has 1 heterocycles. The number of rotatable bonds is 3. The van der Waals surface area contributed by atoms with Gasteiger partial charge in [-0.25, -0.2) is 0 Å². The number of aryl methyl sites for hydroxylation is 2. The van der Waals surface area contributed by atoms with Crippen molar-refractivity contribution in [3.8, 4) is 0 Å². The summed E-state index contributed by atoms with van der Waals surface area (Å²) in [6.07, 6.45) is 3.17. The molecule has 1 aromatic rings. The Bertz CT molecular complexity index is 342. The van der Waals surface area contributed by atoms with Gasteiger partial charge < -0.3 is 5.73 Å². The van der Waals surface area contributed by atoms with Crippen molar-refractivity contribution in [2.24, 2.45) is 12.8 Å². The van der Waals surface area contributed by atoms with Crippen LogP contribution in [0.4, 0.5) is 0 Å². The van der Waals surface area contributed by atoms with E-state index in [9.17, 15) is 0 Å². The van der Waals surface area contributed by atoms with Gasteiger partial charge in [0.15, 0.2) is 0 Å². The smallest absolute Gasteiger partial charge is 0.0668 e. The zero-order valence-electron chi connectivity index (χ0n) is 9.46. The molecule has 2 N–H and O–H groups in total. The first-order valence-electron chi connectivity index (χ1n) is 4.99. The molecular formula is C11H19N3. The van der Waals surface area contributed by atoms with Crippen molar-refractivity contribution in [3.63, 3.8) is 0 Å². The summed E-state index contributed by atoms with van der Waals surface area (Å²) in [7, 11) is 1.97. The van der Waals surface area contributed by atoms with Crippen LogP contribution in [0.2, 0.25) is 0 Å². The second kappa shape index (κ2) is 4.42. The van der Waals surface area contributed by atoms with Gasteiger partial charge >= 0.3 is 0 Å². The minimum atomic E-state index is 0.629. The van der Waals surface area contributed by atoms with Crippen LogP contribution in [0.25, 0.3) is 6.08 Å². The molecule has 0 aliphatic heterocycles. The molecule has 0 aromatic carbocycles. The number of nitrogens with zero attached hydrogens (tertiary/aromatic N) is 2. The van der Waals surface area contributed by atoms with E-state index in [4.69, 9.17) is 5.73 Å². The Morgan fingerprint density at radius 1 is 1.50 bits per heavy atom. The van der Waals surface area contributed by atoms with Gasteiger partial charge in [-0.05, 0) is 20.3 Å². The third-order valence-corrected chi connectivity index (χ3v) is 2.63. The van der Waals surface area contributed by atoms with Gasteiger partial charge in [-0.1, -0.05) is 18.6 Å². The highest BCUT2D eigenvalue weighted by molar-refractivity contribution is 5.57. The van der Waals surface area contributed by atoms with Crippen molar-refractivity contribution in [2.75, 3.05) is 6.54 Å². The van der Waals surface area contributed by atoms with E-state index in [1.54, 1.807) is 0 Å². The van der Waals surface area contributed by atoms with Crippen LogP contribution in [0, 0.1) is 13.8 Å². The first kappa shape index (κ1) is 11.0. The Kier molecular flexibility index (Phi) is 3.47. The van der Waals surface area contributed by atoms with E-state index in [0.717, 1.165) is 12.1 Å². The number of nitrogens with two attached hydrogens (primary N) is 1. The quantitative estimate of drug-likeness (QED) is 0.795. The Morgan fingerprint density at radius 3 is 2.50 bits per heavy atom. The van der Waals surface area contributed by atoms with E-state index in [-0.39, 0.29) is 0 Å². The molecule has 1 aromatic heterocycles. The molecule has 1 rings (SSSR count). The van der Waals surface area contributed by atoms with Crippen molar-refractivity contribution >= 4 is 6.08 Å². The average molecular weight is 193 g/mol. The van der Waals surface area contributed by atoms with Crippen LogP contribution in [-0.2, 0) is 7.05 Å². The molecule has 0 radical (unpaired) electrons. The van der Waals surface area contributed by atoms with Gasteiger partial charge in [0, 0.05) is 24.8 Å². The SMILES string of the molecule is CCC(=Cc1c(C)nn(C)c1C)CN. The number of aromatic nitrogens is 2. The molecule has 0 saturated carbocycles. The molecule has 0 bridgehead atoms. The average Bonchev–Trinajstić information content (AvgIpc) is 2.40. The summed E-state index contributed by atoms with van der Waals surface area (Å²) in [5, 5.41) is 4.36. The Labute approximate surface area is 85.6 Å². The molecule has 14 heavy (non-hydrogen) atoms. The van der Waals surface area contributed by atoms with Gasteiger partial charge in [-0.2, -0.15) is 5.10 Å². The topological polar surface area (TPSA) is 43.8 Å². The van der Waals surface area contributed by atoms with Gasteiger partial charge in [-0.3, -0.25) is 4.68 Å². The summed E-state index contributed by atoms with van der Waals surface area (Å²) < 4.78 is 1.91. The molecule has 0 spiro atoms. The maximum absolute atomic E-state index is 5.64. The highest BCUT2D eigenvalue weighted by Gasteiger charge is 2.06. The number of hydrogen-bond acceptors (Lipinski definition) is 2. The van der Waals surface area contributed by atoms with Crippen molar-refractivity contribution in [2.45, 2.75) is 27.2 Å². The van der Waals surface area contributed by atoms with Gasteiger partial charge in [0.2, 0.25) is 0 Å². The highest BCUT2D eigenvalue weighted by Crippen LogP contribution is 2.16. The van der Waals surface area contributed by atoms with Crippen LogP contribution < -0.4 is 5.73 Å². The second-order valence-corrected chi connectivity index (χ2v) is 3.57. The van der Waals surface area contributed by atoms with Crippen molar-refractivity contribution in [1.29, 1.82) is 0 Å². The first-order valence-corrected chi connectivity index (χ1v) is 4.99. The maximum atomic E-state index is 5.64. The van der Waals surface area contributed by atoms with E-state index in [2.05, 4.69) is 25.0 Å². The largest absolute Gasteiger partial charge is 0.327 e. The summed E-state index contributed by atoms with van der Waals surface area (Å²) in [5.74, 6) is 0. The van der Waals surface area contributed by atoms with Gasteiger partial charge in [0.1, 0.15) is 0 Å². The maximum Gasteiger partial charge on any atom is 0.0668 e. The second-order valence-electron chi connectivity index (χ2n) is 3.57. The summed E-state index contributed by atoms with van der Waals surface area (Å²) in [5.41, 5.74) is 10.4. The fourth-order valence-electron chi connectivity index (χ4n) is 1.51. The van der Waals surface area contributed by atoms with Crippen LogP contribution in [0.3, 0.4) is 0 Å². The standard InChI is InChI=1S/C11H19N3/c1-5-10(7-12)6-11-8(2)13-14(4)9(11)3/h6H,5,7,12H2,1-4H3. The van der Waals surface area contributed by atoms with Gasteiger partial charge in [0.25, 0.3) is 0 Å². The lowest BCUT2D eigenvalue weighted by Crippen LogP contribution is -2.02. The normalized spacial score (nSPS) is 12.2. The van der Waals surface area contributed by atoms with Crippen molar-refractivity contribution < 1.29 is 0 Å². The molecule has 0 saturated heterocycles. The monoisotopic (exact) mass is 193 g/mol. The van der Waals surface area contributed by atoms with E-state index < -0.39 is 0 Å². The Balaban J connectivity index is 3.12.